The van der Waals surface area contributed by atoms with Gasteiger partial charge in [-0.05, 0) is 44.2 Å². The lowest BCUT2D eigenvalue weighted by molar-refractivity contribution is 0.475. The zero-order valence-corrected chi connectivity index (χ0v) is 15.3. The van der Waals surface area contributed by atoms with Crippen molar-refractivity contribution in [3.63, 3.8) is 0 Å². The average Bonchev–Trinajstić information content (AvgIpc) is 2.58. The highest BCUT2D eigenvalue weighted by Crippen LogP contribution is 2.26. The molecular weight excluding hydrogens is 352 g/mol. The Hall–Kier alpha value is -2.97. The molecule has 0 aliphatic heterocycles. The summed E-state index contributed by atoms with van der Waals surface area (Å²) in [6.07, 6.45) is 1.72. The highest BCUT2D eigenvalue weighted by molar-refractivity contribution is 7.69. The molecule has 26 heavy (non-hydrogen) atoms. The highest BCUT2D eigenvalue weighted by atomic mass is 32.2. The second-order valence-corrected chi connectivity index (χ2v) is 5.86. The van der Waals surface area contributed by atoms with E-state index < -0.39 is 10.9 Å². The molecule has 7 nitrogen and oxygen atoms in total. The van der Waals surface area contributed by atoms with Gasteiger partial charge >= 0.3 is 0 Å². The third kappa shape index (κ3) is 6.50. The number of nitrogens with two attached hydrogens (primary N) is 1. The molecule has 0 saturated heterocycles. The van der Waals surface area contributed by atoms with E-state index in [9.17, 15) is 0 Å². The SMILES string of the molecule is Cc1ccc(Oc2ccnc(Nc3ccccc3)c2)c(C)n1.N[SH](=O)=O. The Morgan fingerprint density at radius 3 is 2.38 bits per heavy atom. The van der Waals surface area contributed by atoms with Gasteiger partial charge in [-0.15, -0.1) is 0 Å². The maximum absolute atomic E-state index is 8.81. The molecule has 3 N–H and O–H groups in total. The minimum absolute atomic E-state index is 0.724. The Morgan fingerprint density at radius 2 is 1.73 bits per heavy atom. The van der Waals surface area contributed by atoms with E-state index in [1.54, 1.807) is 6.20 Å². The van der Waals surface area contributed by atoms with Gasteiger partial charge in [-0.25, -0.2) is 18.5 Å². The van der Waals surface area contributed by atoms with Crippen LogP contribution in [0, 0.1) is 13.8 Å². The van der Waals surface area contributed by atoms with E-state index in [1.165, 1.54) is 0 Å². The van der Waals surface area contributed by atoms with Crippen LogP contribution in [0.4, 0.5) is 11.5 Å². The molecule has 3 aromatic rings. The standard InChI is InChI=1S/C18H17N3O.H3NO2S/c1-13-8-9-17(14(2)20-13)22-16-10-11-19-18(12-16)21-15-6-4-3-5-7-15;1-4(2)3/h3-12H,1-2H3,(H,19,21);4H,(H2,1,2,3). The number of aromatic nitrogens is 2. The van der Waals surface area contributed by atoms with Crippen LogP contribution in [0.5, 0.6) is 11.5 Å². The Morgan fingerprint density at radius 1 is 1.04 bits per heavy atom. The third-order valence-electron chi connectivity index (χ3n) is 3.18. The molecule has 1 aromatic carbocycles. The molecular formula is C18H20N4O3S. The van der Waals surface area contributed by atoms with E-state index >= 15 is 0 Å². The molecule has 0 amide bonds. The van der Waals surface area contributed by atoms with Crippen molar-refractivity contribution in [1.82, 2.24) is 9.97 Å². The van der Waals surface area contributed by atoms with Crippen molar-refractivity contribution in [3.05, 3.63) is 72.2 Å². The Balaban J connectivity index is 0.000000552. The van der Waals surface area contributed by atoms with Gasteiger partial charge in [0.05, 0.1) is 5.69 Å². The molecule has 0 radical (unpaired) electrons. The molecule has 0 spiro atoms. The van der Waals surface area contributed by atoms with Gasteiger partial charge in [-0.3, -0.25) is 4.98 Å². The summed E-state index contributed by atoms with van der Waals surface area (Å²) in [5, 5.41) is 7.31. The van der Waals surface area contributed by atoms with Crippen LogP contribution in [0.1, 0.15) is 11.4 Å². The number of hydrogen-bond acceptors (Lipinski definition) is 6. The van der Waals surface area contributed by atoms with Crippen LogP contribution in [0.15, 0.2) is 60.8 Å². The number of pyridine rings is 2. The fourth-order valence-electron chi connectivity index (χ4n) is 2.12. The molecule has 0 unspecified atom stereocenters. The maximum Gasteiger partial charge on any atom is 0.198 e. The molecule has 0 bridgehead atoms. The topological polar surface area (TPSA) is 107 Å². The summed E-state index contributed by atoms with van der Waals surface area (Å²) in [6, 6.07) is 17.5. The summed E-state index contributed by atoms with van der Waals surface area (Å²) < 4.78 is 23.5. The number of thiol groups is 1. The van der Waals surface area contributed by atoms with Crippen LogP contribution in [0.25, 0.3) is 0 Å². The summed E-state index contributed by atoms with van der Waals surface area (Å²) in [5.41, 5.74) is 2.83. The van der Waals surface area contributed by atoms with Crippen molar-refractivity contribution in [1.29, 1.82) is 0 Å². The zero-order chi connectivity index (χ0) is 18.9. The quantitative estimate of drug-likeness (QED) is 0.608. The first-order chi connectivity index (χ1) is 12.4. The number of hydrogen-bond donors (Lipinski definition) is 3. The Bertz CT molecular complexity index is 923. The van der Waals surface area contributed by atoms with E-state index in [0.717, 1.165) is 34.4 Å². The van der Waals surface area contributed by atoms with E-state index in [4.69, 9.17) is 13.2 Å². The molecule has 136 valence electrons. The van der Waals surface area contributed by atoms with Crippen molar-refractivity contribution in [2.75, 3.05) is 5.32 Å². The molecule has 0 aliphatic carbocycles. The number of nitrogens with one attached hydrogen (secondary N) is 1. The summed E-state index contributed by atoms with van der Waals surface area (Å²) in [5.74, 6) is 2.21. The lowest BCUT2D eigenvalue weighted by Gasteiger charge is -2.10. The second kappa shape index (κ2) is 9.50. The van der Waals surface area contributed by atoms with Crippen LogP contribution in [-0.4, -0.2) is 18.4 Å². The van der Waals surface area contributed by atoms with Gasteiger partial charge in [0.1, 0.15) is 17.3 Å². The normalized spacial score (nSPS) is 10.0. The lowest BCUT2D eigenvalue weighted by atomic mass is 10.3. The first kappa shape index (κ1) is 19.4. The van der Waals surface area contributed by atoms with Gasteiger partial charge in [-0.2, -0.15) is 0 Å². The van der Waals surface area contributed by atoms with Gasteiger partial charge in [0.15, 0.2) is 10.9 Å². The summed E-state index contributed by atoms with van der Waals surface area (Å²) in [6.45, 7) is 3.90. The summed E-state index contributed by atoms with van der Waals surface area (Å²) in [7, 11) is -2.62. The smallest absolute Gasteiger partial charge is 0.198 e. The zero-order valence-electron chi connectivity index (χ0n) is 14.4. The highest BCUT2D eigenvalue weighted by Gasteiger charge is 2.04. The summed E-state index contributed by atoms with van der Waals surface area (Å²) in [4.78, 5) is 8.71. The van der Waals surface area contributed by atoms with E-state index in [0.29, 0.717) is 0 Å². The van der Waals surface area contributed by atoms with E-state index in [1.807, 2.05) is 68.4 Å². The van der Waals surface area contributed by atoms with Crippen LogP contribution in [0.3, 0.4) is 0 Å². The minimum Gasteiger partial charge on any atom is -0.455 e. The van der Waals surface area contributed by atoms with Crippen molar-refractivity contribution in [2.45, 2.75) is 13.8 Å². The van der Waals surface area contributed by atoms with Gasteiger partial charge in [0.2, 0.25) is 0 Å². The lowest BCUT2D eigenvalue weighted by Crippen LogP contribution is -1.95. The number of rotatable bonds is 4. The predicted molar refractivity (Wildman–Crippen MR) is 102 cm³/mol. The fourth-order valence-corrected chi connectivity index (χ4v) is 2.12. The van der Waals surface area contributed by atoms with Gasteiger partial charge < -0.3 is 10.1 Å². The molecule has 3 rings (SSSR count). The molecule has 0 atom stereocenters. The van der Waals surface area contributed by atoms with Gasteiger partial charge in [-0.1, -0.05) is 18.2 Å². The minimum atomic E-state index is -2.62. The van der Waals surface area contributed by atoms with Gasteiger partial charge in [0.25, 0.3) is 0 Å². The number of ether oxygens (including phenoxy) is 1. The molecule has 0 aliphatic rings. The monoisotopic (exact) mass is 372 g/mol. The molecule has 2 heterocycles. The number of anilines is 2. The number of benzene rings is 1. The molecule has 0 fully saturated rings. The van der Waals surface area contributed by atoms with Crippen molar-refractivity contribution in [2.24, 2.45) is 5.14 Å². The fraction of sp³-hybridized carbons (Fsp3) is 0.111. The van der Waals surface area contributed by atoms with Crippen molar-refractivity contribution < 1.29 is 13.2 Å². The van der Waals surface area contributed by atoms with Crippen LogP contribution in [0.2, 0.25) is 0 Å². The average molecular weight is 372 g/mol. The maximum atomic E-state index is 8.81. The van der Waals surface area contributed by atoms with Gasteiger partial charge in [0, 0.05) is 23.6 Å². The third-order valence-corrected chi connectivity index (χ3v) is 3.18. The largest absolute Gasteiger partial charge is 0.455 e. The first-order valence-electron chi connectivity index (χ1n) is 7.73. The number of nitrogens with zero attached hydrogens (tertiary/aromatic N) is 2. The van der Waals surface area contributed by atoms with Crippen LogP contribution < -0.4 is 15.2 Å². The molecule has 2 aromatic heterocycles. The van der Waals surface area contributed by atoms with Crippen molar-refractivity contribution in [3.8, 4) is 11.5 Å². The van der Waals surface area contributed by atoms with E-state index in [-0.39, 0.29) is 0 Å². The Labute approximate surface area is 154 Å². The number of para-hydroxylation sites is 1. The van der Waals surface area contributed by atoms with E-state index in [2.05, 4.69) is 20.4 Å². The second-order valence-electron chi connectivity index (χ2n) is 5.29. The molecule has 8 heteroatoms. The van der Waals surface area contributed by atoms with Crippen LogP contribution in [-0.2, 0) is 10.9 Å². The Kier molecular flexibility index (Phi) is 7.07. The number of aryl methyl sites for hydroxylation is 2. The summed E-state index contributed by atoms with van der Waals surface area (Å²) >= 11 is 0. The molecule has 0 saturated carbocycles. The predicted octanol–water partition coefficient (Wildman–Crippen LogP) is 3.10. The first-order valence-corrected chi connectivity index (χ1v) is 8.98. The van der Waals surface area contributed by atoms with Crippen molar-refractivity contribution >= 4 is 22.4 Å². The van der Waals surface area contributed by atoms with Crippen LogP contribution >= 0.6 is 0 Å².